The topological polar surface area (TPSA) is 102 Å². The van der Waals surface area contributed by atoms with E-state index in [4.69, 9.17) is 0 Å². The van der Waals surface area contributed by atoms with Crippen LogP contribution >= 0.6 is 0 Å². The van der Waals surface area contributed by atoms with Gasteiger partial charge in [-0.2, -0.15) is 5.10 Å². The number of carbonyl (C=O) groups excluding carboxylic acids is 2. The molecule has 4 amide bonds. The third-order valence-corrected chi connectivity index (χ3v) is 4.18. The molecule has 1 aliphatic rings. The maximum Gasteiger partial charge on any atom is 0.319 e. The van der Waals surface area contributed by atoms with Gasteiger partial charge in [-0.25, -0.2) is 9.59 Å². The first-order chi connectivity index (χ1) is 11.7. The number of rotatable bonds is 6. The molecule has 2 rings (SSSR count). The van der Waals surface area contributed by atoms with Gasteiger partial charge in [0.1, 0.15) is 0 Å². The number of hydrogen-bond acceptors (Lipinski definition) is 3. The van der Waals surface area contributed by atoms with E-state index in [9.17, 15) is 9.59 Å². The lowest BCUT2D eigenvalue weighted by atomic mass is 9.94. The van der Waals surface area contributed by atoms with Gasteiger partial charge in [0.2, 0.25) is 0 Å². The minimum atomic E-state index is -0.245. The predicted octanol–water partition coefficient (Wildman–Crippen LogP) is 2.24. The lowest BCUT2D eigenvalue weighted by Gasteiger charge is -2.32. The Morgan fingerprint density at radius 2 is 2.21 bits per heavy atom. The van der Waals surface area contributed by atoms with Gasteiger partial charge in [0.15, 0.2) is 0 Å². The summed E-state index contributed by atoms with van der Waals surface area (Å²) in [6.45, 7) is 6.64. The van der Waals surface area contributed by atoms with Gasteiger partial charge in [-0.3, -0.25) is 5.10 Å². The van der Waals surface area contributed by atoms with Crippen LogP contribution in [0.1, 0.15) is 51.1 Å². The Morgan fingerprint density at radius 1 is 1.38 bits per heavy atom. The molecule has 0 radical (unpaired) electrons. The maximum absolute atomic E-state index is 12.2. The number of unbranched alkanes of at least 4 members (excludes halogenated alkanes) is 1. The predicted molar refractivity (Wildman–Crippen MR) is 93.1 cm³/mol. The van der Waals surface area contributed by atoms with Crippen molar-refractivity contribution in [3.63, 3.8) is 0 Å². The summed E-state index contributed by atoms with van der Waals surface area (Å²) in [6.07, 6.45) is 5.57. The standard InChI is InChI=1S/C16H28N6O2/c1-3-5-8-18-16(24)22-9-6-7-12(11-22)14-13(10-19-21-14)20-15(23)17-4-2/h10,12H,3-9,11H2,1-2H3,(H,18,24)(H,19,21)(H2,17,20,23)/t12-/m1/s1. The maximum atomic E-state index is 12.2. The first-order valence-electron chi connectivity index (χ1n) is 8.76. The molecule has 1 atom stereocenters. The number of hydrogen-bond donors (Lipinski definition) is 4. The molecule has 1 saturated heterocycles. The van der Waals surface area contributed by atoms with Crippen LogP contribution in [0.15, 0.2) is 6.20 Å². The number of anilines is 1. The van der Waals surface area contributed by atoms with E-state index in [0.29, 0.717) is 25.3 Å². The van der Waals surface area contributed by atoms with Crippen molar-refractivity contribution in [1.82, 2.24) is 25.7 Å². The van der Waals surface area contributed by atoms with Crippen LogP contribution in [0.5, 0.6) is 0 Å². The summed E-state index contributed by atoms with van der Waals surface area (Å²) in [5.74, 6) is 0.148. The smallest absolute Gasteiger partial charge is 0.319 e. The van der Waals surface area contributed by atoms with Crippen molar-refractivity contribution in [2.45, 2.75) is 45.4 Å². The van der Waals surface area contributed by atoms with Gasteiger partial charge in [-0.05, 0) is 26.2 Å². The van der Waals surface area contributed by atoms with Crippen LogP contribution in [0.4, 0.5) is 15.3 Å². The molecule has 0 aliphatic carbocycles. The molecule has 1 aromatic rings. The Bertz CT molecular complexity index is 544. The van der Waals surface area contributed by atoms with Crippen LogP contribution < -0.4 is 16.0 Å². The van der Waals surface area contributed by atoms with Gasteiger partial charge in [-0.15, -0.1) is 0 Å². The Balaban J connectivity index is 1.96. The Morgan fingerprint density at radius 3 is 2.96 bits per heavy atom. The van der Waals surface area contributed by atoms with E-state index in [1.54, 1.807) is 6.20 Å². The number of likely N-dealkylation sites (tertiary alicyclic amines) is 1. The number of carbonyl (C=O) groups is 2. The Hall–Kier alpha value is -2.25. The highest BCUT2D eigenvalue weighted by Crippen LogP contribution is 2.30. The normalized spacial score (nSPS) is 17.4. The number of piperidine rings is 1. The quantitative estimate of drug-likeness (QED) is 0.599. The molecule has 0 saturated carbocycles. The van der Waals surface area contributed by atoms with Gasteiger partial charge in [-0.1, -0.05) is 13.3 Å². The van der Waals surface area contributed by atoms with Gasteiger partial charge < -0.3 is 20.9 Å². The molecule has 2 heterocycles. The van der Waals surface area contributed by atoms with E-state index < -0.39 is 0 Å². The largest absolute Gasteiger partial charge is 0.338 e. The van der Waals surface area contributed by atoms with Crippen molar-refractivity contribution in [3.8, 4) is 0 Å². The first kappa shape index (κ1) is 18.1. The van der Waals surface area contributed by atoms with Crippen LogP contribution in [-0.4, -0.2) is 53.3 Å². The number of aromatic amines is 1. The summed E-state index contributed by atoms with van der Waals surface area (Å²) in [5.41, 5.74) is 1.56. The van der Waals surface area contributed by atoms with Crippen molar-refractivity contribution in [2.75, 3.05) is 31.5 Å². The molecule has 1 aliphatic heterocycles. The molecule has 8 nitrogen and oxygen atoms in total. The second kappa shape index (κ2) is 9.14. The second-order valence-corrected chi connectivity index (χ2v) is 6.05. The fraction of sp³-hybridized carbons (Fsp3) is 0.688. The van der Waals surface area contributed by atoms with E-state index in [1.807, 2.05) is 11.8 Å². The highest BCUT2D eigenvalue weighted by Gasteiger charge is 2.27. The van der Waals surface area contributed by atoms with Gasteiger partial charge in [0.05, 0.1) is 17.6 Å². The zero-order valence-electron chi connectivity index (χ0n) is 14.5. The average molecular weight is 336 g/mol. The third-order valence-electron chi connectivity index (χ3n) is 4.18. The summed E-state index contributed by atoms with van der Waals surface area (Å²) in [5, 5.41) is 15.5. The van der Waals surface area contributed by atoms with Crippen LogP contribution in [0.25, 0.3) is 0 Å². The van der Waals surface area contributed by atoms with Crippen molar-refractivity contribution in [1.29, 1.82) is 0 Å². The summed E-state index contributed by atoms with van der Waals surface area (Å²) < 4.78 is 0. The molecular weight excluding hydrogens is 308 g/mol. The molecule has 0 aromatic carbocycles. The number of amides is 4. The van der Waals surface area contributed by atoms with E-state index in [-0.39, 0.29) is 18.0 Å². The molecule has 134 valence electrons. The lowest BCUT2D eigenvalue weighted by Crippen LogP contribution is -2.45. The number of H-pyrrole nitrogens is 1. The average Bonchev–Trinajstić information content (AvgIpc) is 3.03. The molecule has 0 bridgehead atoms. The lowest BCUT2D eigenvalue weighted by molar-refractivity contribution is 0.179. The van der Waals surface area contributed by atoms with E-state index in [0.717, 1.165) is 37.9 Å². The molecule has 24 heavy (non-hydrogen) atoms. The van der Waals surface area contributed by atoms with Gasteiger partial charge >= 0.3 is 12.1 Å². The summed E-state index contributed by atoms with van der Waals surface area (Å²) in [6, 6.07) is -0.254. The number of nitrogens with zero attached hydrogens (tertiary/aromatic N) is 2. The van der Waals surface area contributed by atoms with Crippen LogP contribution in [-0.2, 0) is 0 Å². The van der Waals surface area contributed by atoms with Gasteiger partial charge in [0, 0.05) is 32.1 Å². The Kier molecular flexibility index (Phi) is 6.89. The van der Waals surface area contributed by atoms with Crippen molar-refractivity contribution in [3.05, 3.63) is 11.9 Å². The summed E-state index contributed by atoms with van der Waals surface area (Å²) in [4.78, 5) is 25.8. The molecule has 0 spiro atoms. The number of urea groups is 2. The summed E-state index contributed by atoms with van der Waals surface area (Å²) >= 11 is 0. The Labute approximate surface area is 142 Å². The fourth-order valence-electron chi connectivity index (χ4n) is 2.92. The SMILES string of the molecule is CCCCNC(=O)N1CCC[C@@H](c2[nH]ncc2NC(=O)NCC)C1. The molecule has 4 N–H and O–H groups in total. The minimum absolute atomic E-state index is 0.00843. The third kappa shape index (κ3) is 4.87. The minimum Gasteiger partial charge on any atom is -0.338 e. The number of nitrogens with one attached hydrogen (secondary N) is 4. The molecule has 1 fully saturated rings. The number of aromatic nitrogens is 2. The monoisotopic (exact) mass is 336 g/mol. The van der Waals surface area contributed by atoms with Crippen LogP contribution in [0, 0.1) is 0 Å². The molecule has 1 aromatic heterocycles. The second-order valence-electron chi connectivity index (χ2n) is 6.05. The molecule has 8 heteroatoms. The highest BCUT2D eigenvalue weighted by atomic mass is 16.2. The highest BCUT2D eigenvalue weighted by molar-refractivity contribution is 5.89. The first-order valence-corrected chi connectivity index (χ1v) is 8.76. The van der Waals surface area contributed by atoms with E-state index in [1.165, 1.54) is 0 Å². The van der Waals surface area contributed by atoms with E-state index in [2.05, 4.69) is 33.1 Å². The summed E-state index contributed by atoms with van der Waals surface area (Å²) in [7, 11) is 0. The van der Waals surface area contributed by atoms with Crippen molar-refractivity contribution in [2.24, 2.45) is 0 Å². The van der Waals surface area contributed by atoms with Crippen LogP contribution in [0.3, 0.4) is 0 Å². The molecule has 0 unspecified atom stereocenters. The zero-order chi connectivity index (χ0) is 17.4. The van der Waals surface area contributed by atoms with Crippen LogP contribution in [0.2, 0.25) is 0 Å². The van der Waals surface area contributed by atoms with Crippen molar-refractivity contribution < 1.29 is 9.59 Å². The fourth-order valence-corrected chi connectivity index (χ4v) is 2.92. The van der Waals surface area contributed by atoms with E-state index >= 15 is 0 Å². The van der Waals surface area contributed by atoms with Gasteiger partial charge in [0.25, 0.3) is 0 Å². The molecular formula is C16H28N6O2. The van der Waals surface area contributed by atoms with Crippen molar-refractivity contribution >= 4 is 17.7 Å². The zero-order valence-corrected chi connectivity index (χ0v) is 14.5.